The third-order valence-corrected chi connectivity index (χ3v) is 4.34. The van der Waals surface area contributed by atoms with Crippen LogP contribution >= 0.6 is 0 Å². The molecule has 0 fully saturated rings. The molecule has 0 aromatic carbocycles. The van der Waals surface area contributed by atoms with Crippen molar-refractivity contribution < 1.29 is 5.11 Å². The van der Waals surface area contributed by atoms with Crippen LogP contribution < -0.4 is 10.6 Å². The number of aliphatic hydroxyl groups is 1. The van der Waals surface area contributed by atoms with Crippen molar-refractivity contribution in [1.29, 1.82) is 0 Å². The third-order valence-electron chi connectivity index (χ3n) is 4.34. The second-order valence-electron chi connectivity index (χ2n) is 7.15. The first-order valence-corrected chi connectivity index (χ1v) is 10.2. The van der Waals surface area contributed by atoms with Gasteiger partial charge in [-0.1, -0.05) is 13.8 Å². The molecule has 0 aliphatic heterocycles. The zero-order chi connectivity index (χ0) is 21.6. The number of fused-ring (bicyclic) bond motifs is 1. The van der Waals surface area contributed by atoms with E-state index < -0.39 is 6.10 Å². The molecular weight excluding hydrogens is 366 g/mol. The number of pyridine rings is 1. The predicted molar refractivity (Wildman–Crippen MR) is 118 cm³/mol. The van der Waals surface area contributed by atoms with Crippen LogP contribution in [0.2, 0.25) is 0 Å². The number of aromatic nitrogens is 5. The normalized spacial score (nSPS) is 11.9. The molecule has 0 spiro atoms. The minimum Gasteiger partial charge on any atom is -0.392 e. The molecule has 3 aromatic heterocycles. The lowest BCUT2D eigenvalue weighted by molar-refractivity contribution is 0.208. The fourth-order valence-corrected chi connectivity index (χ4v) is 2.82. The van der Waals surface area contributed by atoms with Gasteiger partial charge in [0.25, 0.3) is 0 Å². The molecule has 0 aliphatic carbocycles. The molecule has 0 aliphatic rings. The minimum absolute atomic E-state index is 0.228. The van der Waals surface area contributed by atoms with E-state index in [9.17, 15) is 5.11 Å². The summed E-state index contributed by atoms with van der Waals surface area (Å²) in [7, 11) is 0. The molecular formula is C21H33N7O. The van der Waals surface area contributed by atoms with Gasteiger partial charge >= 0.3 is 0 Å². The maximum atomic E-state index is 9.55. The molecule has 0 radical (unpaired) electrons. The third kappa shape index (κ3) is 5.63. The summed E-state index contributed by atoms with van der Waals surface area (Å²) in [6.45, 7) is 14.9. The summed E-state index contributed by atoms with van der Waals surface area (Å²) in [5.74, 6) is 1.12. The highest BCUT2D eigenvalue weighted by atomic mass is 16.3. The lowest BCUT2D eigenvalue weighted by Crippen LogP contribution is -2.18. The smallest absolute Gasteiger partial charge is 0.226 e. The molecule has 8 heteroatoms. The van der Waals surface area contributed by atoms with Gasteiger partial charge in [0.15, 0.2) is 17.0 Å². The van der Waals surface area contributed by atoms with Gasteiger partial charge < -0.3 is 20.3 Å². The molecule has 1 unspecified atom stereocenters. The Balaban J connectivity index is 0.00000145. The van der Waals surface area contributed by atoms with Gasteiger partial charge in [-0.2, -0.15) is 9.97 Å². The number of hydrogen-bond donors (Lipinski definition) is 3. The monoisotopic (exact) mass is 399 g/mol. The van der Waals surface area contributed by atoms with E-state index in [-0.39, 0.29) is 6.04 Å². The second kappa shape index (κ2) is 10.2. The minimum atomic E-state index is -0.489. The van der Waals surface area contributed by atoms with Crippen LogP contribution in [0.1, 0.15) is 57.5 Å². The van der Waals surface area contributed by atoms with Gasteiger partial charge in [-0.05, 0) is 51.8 Å². The van der Waals surface area contributed by atoms with Crippen LogP contribution in [0, 0.1) is 13.8 Å². The van der Waals surface area contributed by atoms with Gasteiger partial charge in [0, 0.05) is 31.0 Å². The van der Waals surface area contributed by atoms with Crippen molar-refractivity contribution in [2.75, 3.05) is 17.2 Å². The first kappa shape index (κ1) is 22.5. The largest absolute Gasteiger partial charge is 0.392 e. The number of nitrogens with one attached hydrogen (secondary N) is 2. The molecule has 158 valence electrons. The molecule has 0 saturated heterocycles. The molecule has 3 aromatic rings. The number of aryl methyl sites for hydroxylation is 2. The Morgan fingerprint density at radius 1 is 1.07 bits per heavy atom. The van der Waals surface area contributed by atoms with E-state index in [1.165, 1.54) is 5.56 Å². The highest BCUT2D eigenvalue weighted by Crippen LogP contribution is 2.24. The number of hydrogen-bond acceptors (Lipinski definition) is 7. The van der Waals surface area contributed by atoms with E-state index >= 15 is 0 Å². The fraction of sp³-hybridized carbons (Fsp3) is 0.524. The van der Waals surface area contributed by atoms with Gasteiger partial charge in [0.05, 0.1) is 12.4 Å². The molecule has 1 atom stereocenters. The lowest BCUT2D eigenvalue weighted by Gasteiger charge is -2.13. The SMILES string of the molecule is CC.Cc1cc(C)c(CNc2nc(NCC(C)O)nc3c2ncn3C(C)C)cn1. The first-order chi connectivity index (χ1) is 13.8. The van der Waals surface area contributed by atoms with Crippen LogP contribution in [-0.4, -0.2) is 42.3 Å². The summed E-state index contributed by atoms with van der Waals surface area (Å²) in [6.07, 6.45) is 3.18. The standard InChI is InChI=1S/C19H27N7O.C2H6/c1-11(2)26-10-23-16-17(21-9-15-8-20-13(4)6-12(15)3)24-19(25-18(16)26)22-7-14(5)27;1-2/h6,8,10-11,14,27H,7,9H2,1-5H3,(H2,21,22,24,25);1-2H3. The highest BCUT2D eigenvalue weighted by Gasteiger charge is 2.15. The summed E-state index contributed by atoms with van der Waals surface area (Å²) < 4.78 is 2.01. The van der Waals surface area contributed by atoms with Gasteiger partial charge in [0.1, 0.15) is 0 Å². The molecule has 0 saturated carbocycles. The number of anilines is 2. The number of aliphatic hydroxyl groups excluding tert-OH is 1. The summed E-state index contributed by atoms with van der Waals surface area (Å²) in [4.78, 5) is 18.0. The quantitative estimate of drug-likeness (QED) is 0.555. The van der Waals surface area contributed by atoms with E-state index in [1.54, 1.807) is 13.3 Å². The van der Waals surface area contributed by atoms with Gasteiger partial charge in [-0.3, -0.25) is 4.98 Å². The number of nitrogens with zero attached hydrogens (tertiary/aromatic N) is 5. The van der Waals surface area contributed by atoms with Crippen molar-refractivity contribution in [1.82, 2.24) is 24.5 Å². The molecule has 3 N–H and O–H groups in total. The van der Waals surface area contributed by atoms with E-state index in [1.807, 2.05) is 31.5 Å². The van der Waals surface area contributed by atoms with Crippen LogP contribution in [0.15, 0.2) is 18.6 Å². The van der Waals surface area contributed by atoms with Crippen molar-refractivity contribution >= 4 is 22.9 Å². The average Bonchev–Trinajstić information content (AvgIpc) is 3.11. The first-order valence-electron chi connectivity index (χ1n) is 10.2. The van der Waals surface area contributed by atoms with Crippen LogP contribution in [0.25, 0.3) is 11.2 Å². The van der Waals surface area contributed by atoms with Crippen LogP contribution in [0.5, 0.6) is 0 Å². The van der Waals surface area contributed by atoms with E-state index in [0.717, 1.165) is 22.4 Å². The highest BCUT2D eigenvalue weighted by molar-refractivity contribution is 5.84. The predicted octanol–water partition coefficient (Wildman–Crippen LogP) is 3.85. The zero-order valence-electron chi connectivity index (χ0n) is 18.5. The van der Waals surface area contributed by atoms with Crippen LogP contribution in [-0.2, 0) is 6.54 Å². The van der Waals surface area contributed by atoms with Crippen molar-refractivity contribution in [3.8, 4) is 0 Å². The van der Waals surface area contributed by atoms with Gasteiger partial charge in [-0.25, -0.2) is 4.98 Å². The van der Waals surface area contributed by atoms with Gasteiger partial charge in [-0.15, -0.1) is 0 Å². The maximum absolute atomic E-state index is 9.55. The summed E-state index contributed by atoms with van der Waals surface area (Å²) in [5.41, 5.74) is 4.77. The fourth-order valence-electron chi connectivity index (χ4n) is 2.82. The Morgan fingerprint density at radius 2 is 1.79 bits per heavy atom. The number of imidazole rings is 1. The topological polar surface area (TPSA) is 101 Å². The molecule has 3 rings (SSSR count). The van der Waals surface area contributed by atoms with E-state index in [0.29, 0.717) is 24.9 Å². The second-order valence-corrected chi connectivity index (χ2v) is 7.15. The van der Waals surface area contributed by atoms with Crippen molar-refractivity contribution in [3.63, 3.8) is 0 Å². The Kier molecular flexibility index (Phi) is 7.90. The molecule has 0 bridgehead atoms. The molecule has 3 heterocycles. The summed E-state index contributed by atoms with van der Waals surface area (Å²) in [5, 5.41) is 16.0. The Labute approximate surface area is 172 Å². The Morgan fingerprint density at radius 3 is 2.41 bits per heavy atom. The summed E-state index contributed by atoms with van der Waals surface area (Å²) in [6, 6.07) is 2.29. The lowest BCUT2D eigenvalue weighted by atomic mass is 10.1. The Hall–Kier alpha value is -2.74. The van der Waals surface area contributed by atoms with E-state index in [4.69, 9.17) is 0 Å². The molecule has 29 heavy (non-hydrogen) atoms. The van der Waals surface area contributed by atoms with Crippen LogP contribution in [0.3, 0.4) is 0 Å². The molecule has 0 amide bonds. The van der Waals surface area contributed by atoms with Gasteiger partial charge in [0.2, 0.25) is 5.95 Å². The Bertz CT molecular complexity index is 934. The zero-order valence-corrected chi connectivity index (χ0v) is 18.5. The van der Waals surface area contributed by atoms with E-state index in [2.05, 4.69) is 57.4 Å². The van der Waals surface area contributed by atoms with Crippen LogP contribution in [0.4, 0.5) is 11.8 Å². The average molecular weight is 400 g/mol. The van der Waals surface area contributed by atoms with Crippen molar-refractivity contribution in [3.05, 3.63) is 35.4 Å². The maximum Gasteiger partial charge on any atom is 0.226 e. The summed E-state index contributed by atoms with van der Waals surface area (Å²) >= 11 is 0. The number of rotatable bonds is 7. The van der Waals surface area contributed by atoms with Crippen molar-refractivity contribution in [2.24, 2.45) is 0 Å². The molecule has 8 nitrogen and oxygen atoms in total. The van der Waals surface area contributed by atoms with Crippen molar-refractivity contribution in [2.45, 2.75) is 67.2 Å².